The summed E-state index contributed by atoms with van der Waals surface area (Å²) in [5, 5.41) is -0.140. The van der Waals surface area contributed by atoms with Gasteiger partial charge in [-0.25, -0.2) is 8.78 Å². The highest BCUT2D eigenvalue weighted by Crippen LogP contribution is 2.30. The molecule has 0 spiro atoms. The highest BCUT2D eigenvalue weighted by Gasteiger charge is 2.19. The van der Waals surface area contributed by atoms with Gasteiger partial charge in [0.2, 0.25) is 11.2 Å². The molecule has 19 heavy (non-hydrogen) atoms. The van der Waals surface area contributed by atoms with Crippen LogP contribution in [0.1, 0.15) is 0 Å². The number of hydrogen-bond donors (Lipinski definition) is 0. The summed E-state index contributed by atoms with van der Waals surface area (Å²) in [7, 11) is 3.36. The maximum absolute atomic E-state index is 13.8. The van der Waals surface area contributed by atoms with Gasteiger partial charge >= 0.3 is 0 Å². The molecule has 0 atom stereocenters. The Morgan fingerprint density at radius 2 is 1.74 bits per heavy atom. The zero-order chi connectivity index (χ0) is 14.2. The molecule has 1 heterocycles. The third-order valence-corrected chi connectivity index (χ3v) is 2.75. The quantitative estimate of drug-likeness (QED) is 0.799. The lowest BCUT2D eigenvalue weighted by molar-refractivity contribution is 0.510. The molecule has 0 saturated carbocycles. The Kier molecular flexibility index (Phi) is 3.82. The molecule has 0 radical (unpaired) electrons. The summed E-state index contributed by atoms with van der Waals surface area (Å²) in [5.41, 5.74) is -0.242. The fraction of sp³-hybridized carbons (Fsp3) is 0.182. The molecule has 0 fully saturated rings. The average molecular weight is 305 g/mol. The van der Waals surface area contributed by atoms with Crippen LogP contribution in [0.25, 0.3) is 11.4 Å². The van der Waals surface area contributed by atoms with Crippen LogP contribution in [-0.2, 0) is 0 Å². The molecule has 0 aliphatic heterocycles. The summed E-state index contributed by atoms with van der Waals surface area (Å²) in [6.45, 7) is 0. The van der Waals surface area contributed by atoms with Crippen LogP contribution in [-0.4, -0.2) is 29.0 Å². The first-order chi connectivity index (χ1) is 8.90. The van der Waals surface area contributed by atoms with Gasteiger partial charge in [0.15, 0.2) is 17.5 Å². The number of hydrogen-bond acceptors (Lipinski definition) is 4. The van der Waals surface area contributed by atoms with Crippen LogP contribution in [0.15, 0.2) is 12.1 Å². The van der Waals surface area contributed by atoms with E-state index in [4.69, 9.17) is 23.2 Å². The van der Waals surface area contributed by atoms with Crippen molar-refractivity contribution in [3.63, 3.8) is 0 Å². The van der Waals surface area contributed by atoms with Crippen LogP contribution in [0.3, 0.4) is 0 Å². The van der Waals surface area contributed by atoms with Gasteiger partial charge in [0.1, 0.15) is 0 Å². The third-order valence-electron chi connectivity index (χ3n) is 2.26. The first-order valence-corrected chi connectivity index (χ1v) is 5.88. The van der Waals surface area contributed by atoms with E-state index in [1.54, 1.807) is 19.0 Å². The van der Waals surface area contributed by atoms with E-state index < -0.39 is 11.6 Å². The summed E-state index contributed by atoms with van der Waals surface area (Å²) < 4.78 is 27.1. The molecule has 4 nitrogen and oxygen atoms in total. The molecule has 1 aromatic heterocycles. The van der Waals surface area contributed by atoms with Gasteiger partial charge in [0, 0.05) is 14.1 Å². The third kappa shape index (κ3) is 2.74. The highest BCUT2D eigenvalue weighted by molar-refractivity contribution is 6.33. The van der Waals surface area contributed by atoms with Crippen molar-refractivity contribution in [3.8, 4) is 11.4 Å². The largest absolute Gasteiger partial charge is 0.347 e. The molecular weight excluding hydrogens is 297 g/mol. The summed E-state index contributed by atoms with van der Waals surface area (Å²) in [6, 6.07) is 2.15. The number of nitrogens with zero attached hydrogens (tertiary/aromatic N) is 4. The molecule has 0 bridgehead atoms. The lowest BCUT2D eigenvalue weighted by atomic mass is 10.2. The lowest BCUT2D eigenvalue weighted by Crippen LogP contribution is -2.14. The van der Waals surface area contributed by atoms with E-state index in [0.717, 1.165) is 6.07 Å². The first kappa shape index (κ1) is 13.9. The van der Waals surface area contributed by atoms with E-state index in [1.165, 1.54) is 6.07 Å². The summed E-state index contributed by atoms with van der Waals surface area (Å²) >= 11 is 11.6. The number of anilines is 1. The number of aromatic nitrogens is 3. The van der Waals surface area contributed by atoms with Gasteiger partial charge in [0.05, 0.1) is 10.6 Å². The Balaban J connectivity index is 2.69. The van der Waals surface area contributed by atoms with Crippen LogP contribution in [0.5, 0.6) is 0 Å². The summed E-state index contributed by atoms with van der Waals surface area (Å²) in [5.74, 6) is -2.07. The minimum Gasteiger partial charge on any atom is -0.347 e. The molecule has 2 aromatic rings. The molecule has 0 N–H and O–H groups in total. The maximum atomic E-state index is 13.8. The number of benzene rings is 1. The molecule has 8 heteroatoms. The molecule has 0 aliphatic carbocycles. The molecule has 100 valence electrons. The van der Waals surface area contributed by atoms with Crippen molar-refractivity contribution in [2.75, 3.05) is 19.0 Å². The SMILES string of the molecule is CN(C)c1nc(Cl)nc(-c2c(Cl)ccc(F)c2F)n1. The normalized spacial score (nSPS) is 10.6. The topological polar surface area (TPSA) is 41.9 Å². The van der Waals surface area contributed by atoms with E-state index in [1.807, 2.05) is 0 Å². The zero-order valence-corrected chi connectivity index (χ0v) is 11.5. The zero-order valence-electron chi connectivity index (χ0n) is 9.96. The van der Waals surface area contributed by atoms with Gasteiger partial charge < -0.3 is 4.90 Å². The Morgan fingerprint density at radius 3 is 2.37 bits per heavy atom. The van der Waals surface area contributed by atoms with Crippen molar-refractivity contribution in [1.82, 2.24) is 15.0 Å². The van der Waals surface area contributed by atoms with Gasteiger partial charge in [-0.2, -0.15) is 15.0 Å². The Labute approximate surface area is 118 Å². The van der Waals surface area contributed by atoms with Crippen LogP contribution in [0, 0.1) is 11.6 Å². The highest BCUT2D eigenvalue weighted by atomic mass is 35.5. The molecule has 0 amide bonds. The minimum absolute atomic E-state index is 0.00845. The van der Waals surface area contributed by atoms with Crippen LogP contribution in [0.2, 0.25) is 10.3 Å². The van der Waals surface area contributed by atoms with Gasteiger partial charge in [-0.05, 0) is 23.7 Å². The standard InChI is InChI=1S/C11H8Cl2F2N4/c1-19(2)11-17-9(16-10(13)18-11)7-5(12)3-4-6(14)8(7)15/h3-4H,1-2H3. The molecule has 0 aliphatic rings. The van der Waals surface area contributed by atoms with Gasteiger partial charge in [-0.1, -0.05) is 11.6 Å². The lowest BCUT2D eigenvalue weighted by Gasteiger charge is -2.12. The van der Waals surface area contributed by atoms with Gasteiger partial charge in [-0.3, -0.25) is 0 Å². The molecule has 0 saturated heterocycles. The molecule has 2 rings (SSSR count). The summed E-state index contributed by atoms with van der Waals surface area (Å²) in [6.07, 6.45) is 0. The Bertz CT molecular complexity index is 634. The van der Waals surface area contributed by atoms with Gasteiger partial charge in [-0.15, -0.1) is 0 Å². The van der Waals surface area contributed by atoms with E-state index in [9.17, 15) is 8.78 Å². The Hall–Kier alpha value is -1.53. The second kappa shape index (κ2) is 5.22. The maximum Gasteiger partial charge on any atom is 0.229 e. The first-order valence-electron chi connectivity index (χ1n) is 5.13. The van der Waals surface area contributed by atoms with Crippen molar-refractivity contribution in [2.45, 2.75) is 0 Å². The molecule has 1 aromatic carbocycles. The molecule has 0 unspecified atom stereocenters. The minimum atomic E-state index is -1.13. The second-order valence-electron chi connectivity index (χ2n) is 3.84. The average Bonchev–Trinajstić information content (AvgIpc) is 2.34. The Morgan fingerprint density at radius 1 is 1.05 bits per heavy atom. The monoisotopic (exact) mass is 304 g/mol. The van der Waals surface area contributed by atoms with Crippen molar-refractivity contribution in [1.29, 1.82) is 0 Å². The van der Waals surface area contributed by atoms with E-state index in [-0.39, 0.29) is 27.6 Å². The summed E-state index contributed by atoms with van der Waals surface area (Å²) in [4.78, 5) is 13.2. The number of rotatable bonds is 2. The van der Waals surface area contributed by atoms with Crippen molar-refractivity contribution in [3.05, 3.63) is 34.1 Å². The van der Waals surface area contributed by atoms with Gasteiger partial charge in [0.25, 0.3) is 0 Å². The molecular formula is C11H8Cl2F2N4. The number of halogens is 4. The van der Waals surface area contributed by atoms with Crippen LogP contribution in [0.4, 0.5) is 14.7 Å². The van der Waals surface area contributed by atoms with E-state index in [2.05, 4.69) is 15.0 Å². The fourth-order valence-corrected chi connectivity index (χ4v) is 1.77. The predicted octanol–water partition coefficient (Wildman–Crippen LogP) is 3.19. The second-order valence-corrected chi connectivity index (χ2v) is 4.59. The fourth-order valence-electron chi connectivity index (χ4n) is 1.38. The van der Waals surface area contributed by atoms with Crippen LogP contribution < -0.4 is 4.90 Å². The predicted molar refractivity (Wildman–Crippen MR) is 69.5 cm³/mol. The van der Waals surface area contributed by atoms with Crippen molar-refractivity contribution in [2.24, 2.45) is 0 Å². The van der Waals surface area contributed by atoms with Crippen LogP contribution >= 0.6 is 23.2 Å². The van der Waals surface area contributed by atoms with E-state index >= 15 is 0 Å². The smallest absolute Gasteiger partial charge is 0.229 e. The van der Waals surface area contributed by atoms with E-state index in [0.29, 0.717) is 0 Å². The van der Waals surface area contributed by atoms with Crippen molar-refractivity contribution < 1.29 is 8.78 Å². The van der Waals surface area contributed by atoms with Crippen molar-refractivity contribution >= 4 is 29.2 Å².